The van der Waals surface area contributed by atoms with Crippen molar-refractivity contribution < 1.29 is 57.3 Å². The molecule has 9 atom stereocenters. The minimum atomic E-state index is -1.19. The normalized spacial score (nSPS) is 24.5. The second kappa shape index (κ2) is 35.2. The molecule has 1 rings (SSSR count). The topological polar surface area (TPSA) is 258 Å². The Morgan fingerprint density at radius 1 is 0.566 bits per heavy atom. The Morgan fingerprint density at radius 2 is 1.05 bits per heavy atom. The standard InChI is InChI=1S/C61H107N11O11/c1-23-25-26-41(13)32-47-56(78)64-44(24-2)58(80)66(16)34-50(74)68(18)45(29-37(5)6)57(79)65-52(40(11)12)60(82)70(20)46(30-38(7)8)55(77)63-43(15)54(76)62-33-49(73)69(19)48(31-39(9)10)59(81)67(17)35-51(75)72(22)53(61(83)71(47)21)42(14)28-27-36(3)4/h23,25,36-46,48,52-53H,24,26-35H2,1-22H3,(H3-,62,63,64,65,76,77,78,79)/p+1/b25-23+,71-47?/t41-,42?,43?,44+,45+,46+,48+,52+,53+/m1/s1. The molecule has 0 radical (unpaired) electrons. The minimum Gasteiger partial charge on any atom is -0.345 e. The van der Waals surface area contributed by atoms with Crippen molar-refractivity contribution in [1.29, 1.82) is 0 Å². The summed E-state index contributed by atoms with van der Waals surface area (Å²) in [7, 11) is 10.1. The van der Waals surface area contributed by atoms with E-state index in [0.29, 0.717) is 19.3 Å². The zero-order valence-electron chi connectivity index (χ0n) is 54.6. The number of rotatable bonds is 16. The molecule has 2 unspecified atom stereocenters. The number of nitrogens with one attached hydrogen (secondary N) is 4. The average molecular weight is 1170 g/mol. The molecule has 1 aliphatic heterocycles. The minimum absolute atomic E-state index is 0.0487. The van der Waals surface area contributed by atoms with Crippen molar-refractivity contribution in [1.82, 2.24) is 50.7 Å². The Morgan fingerprint density at radius 3 is 1.54 bits per heavy atom. The van der Waals surface area contributed by atoms with Crippen LogP contribution in [0.2, 0.25) is 0 Å². The van der Waals surface area contributed by atoms with E-state index in [1.807, 2.05) is 88.3 Å². The zero-order chi connectivity index (χ0) is 64.1. The summed E-state index contributed by atoms with van der Waals surface area (Å²) in [4.78, 5) is 165. The summed E-state index contributed by atoms with van der Waals surface area (Å²) in [6, 6.07) is -7.92. The fraction of sp³-hybridized carbons (Fsp3) is 0.770. The maximum absolute atomic E-state index is 15.2. The second-order valence-corrected chi connectivity index (χ2v) is 25.3. The van der Waals surface area contributed by atoms with Crippen LogP contribution in [0, 0.1) is 41.4 Å². The first-order valence-corrected chi connectivity index (χ1v) is 29.9. The van der Waals surface area contributed by atoms with Gasteiger partial charge in [-0.2, -0.15) is 4.58 Å². The van der Waals surface area contributed by atoms with Gasteiger partial charge in [0.15, 0.2) is 6.04 Å². The van der Waals surface area contributed by atoms with E-state index < -0.39 is 139 Å². The maximum atomic E-state index is 15.2. The maximum Gasteiger partial charge on any atom is 0.409 e. The molecule has 0 aromatic heterocycles. The van der Waals surface area contributed by atoms with Gasteiger partial charge < -0.3 is 50.7 Å². The summed E-state index contributed by atoms with van der Waals surface area (Å²) in [5.41, 5.74) is 0.0487. The third-order valence-electron chi connectivity index (χ3n) is 15.5. The first-order valence-electron chi connectivity index (χ1n) is 29.9. The van der Waals surface area contributed by atoms with Crippen molar-refractivity contribution in [2.75, 3.05) is 69.0 Å². The first kappa shape index (κ1) is 74.8. The van der Waals surface area contributed by atoms with E-state index in [1.54, 1.807) is 20.8 Å². The highest BCUT2D eigenvalue weighted by Gasteiger charge is 2.43. The van der Waals surface area contributed by atoms with Gasteiger partial charge in [-0.25, -0.2) is 4.79 Å². The lowest BCUT2D eigenvalue weighted by Gasteiger charge is -2.35. The van der Waals surface area contributed by atoms with E-state index in [2.05, 4.69) is 21.3 Å². The third-order valence-corrected chi connectivity index (χ3v) is 15.5. The third kappa shape index (κ3) is 23.0. The molecule has 472 valence electrons. The fourth-order valence-electron chi connectivity index (χ4n) is 10.0. The highest BCUT2D eigenvalue weighted by molar-refractivity contribution is 6.37. The van der Waals surface area contributed by atoms with Crippen LogP contribution in [-0.2, 0) is 52.7 Å². The lowest BCUT2D eigenvalue weighted by atomic mass is 9.91. The number of likely N-dealkylation sites (N-methyl/N-ethyl adjacent to an activating group) is 7. The van der Waals surface area contributed by atoms with Gasteiger partial charge in [-0.05, 0) is 93.8 Å². The molecule has 83 heavy (non-hydrogen) atoms. The summed E-state index contributed by atoms with van der Waals surface area (Å²) in [6.45, 7) is 26.1. The monoisotopic (exact) mass is 1170 g/mol. The predicted octanol–water partition coefficient (Wildman–Crippen LogP) is 3.69. The van der Waals surface area contributed by atoms with Gasteiger partial charge in [0.05, 0.1) is 19.6 Å². The van der Waals surface area contributed by atoms with Gasteiger partial charge >= 0.3 is 11.8 Å². The molecule has 0 saturated heterocycles. The van der Waals surface area contributed by atoms with Gasteiger partial charge in [0.1, 0.15) is 43.3 Å². The van der Waals surface area contributed by atoms with E-state index in [9.17, 15) is 47.9 Å². The Kier molecular flexibility index (Phi) is 31.7. The molecular formula is C61H108N11O11+. The second-order valence-electron chi connectivity index (χ2n) is 25.3. The van der Waals surface area contributed by atoms with Crippen molar-refractivity contribution >= 4 is 70.7 Å². The molecule has 1 heterocycles. The number of amides is 11. The Hall–Kier alpha value is -6.22. The van der Waals surface area contributed by atoms with Crippen LogP contribution < -0.4 is 21.3 Å². The van der Waals surface area contributed by atoms with Gasteiger partial charge in [-0.15, -0.1) is 0 Å². The van der Waals surface area contributed by atoms with E-state index in [-0.39, 0.29) is 67.4 Å². The predicted molar refractivity (Wildman–Crippen MR) is 322 cm³/mol. The summed E-state index contributed by atoms with van der Waals surface area (Å²) in [6.07, 6.45) is 6.39. The van der Waals surface area contributed by atoms with Gasteiger partial charge in [-0.3, -0.25) is 47.9 Å². The molecule has 0 spiro atoms. The lowest BCUT2D eigenvalue weighted by Crippen LogP contribution is -2.60. The molecule has 0 aromatic carbocycles. The van der Waals surface area contributed by atoms with Crippen molar-refractivity contribution in [2.24, 2.45) is 41.4 Å². The van der Waals surface area contributed by atoms with E-state index in [4.69, 9.17) is 0 Å². The Balaban J connectivity index is 4.23. The Labute approximate surface area is 497 Å². The summed E-state index contributed by atoms with van der Waals surface area (Å²) < 4.78 is 1.26. The SMILES string of the molecule is C/C=C/C[C@@H](C)CC1=[N+](C)C(=O)[C@H](C(C)CCC(C)C)N(C)C(=O)CN(C)C(=O)[C@H](CC(C)C)N(C)C(=O)CNC(=O)C(C)NC(=O)[C@H](CC(C)C)N(C)C(=O)[C@H](C(C)C)NC(=O)[C@H](CC(C)C)N(C)C(=O)CN(C)C(=O)[C@H](CC)NC1=O. The smallest absolute Gasteiger partial charge is 0.345 e. The zero-order valence-corrected chi connectivity index (χ0v) is 54.6. The molecule has 0 aliphatic carbocycles. The largest absolute Gasteiger partial charge is 0.409 e. The molecule has 0 aromatic rings. The number of allylic oxidation sites excluding steroid dienone is 2. The molecular weight excluding hydrogens is 1060 g/mol. The molecule has 1 aliphatic rings. The van der Waals surface area contributed by atoms with Crippen LogP contribution in [0.1, 0.15) is 155 Å². The summed E-state index contributed by atoms with van der Waals surface area (Å²) in [5, 5.41) is 11.0. The van der Waals surface area contributed by atoms with Crippen LogP contribution in [-0.4, -0.2) is 216 Å². The summed E-state index contributed by atoms with van der Waals surface area (Å²) >= 11 is 0. The van der Waals surface area contributed by atoms with Crippen LogP contribution in [0.15, 0.2) is 12.2 Å². The Bertz CT molecular complexity index is 2320. The van der Waals surface area contributed by atoms with Crippen LogP contribution >= 0.6 is 0 Å². The average Bonchev–Trinajstić information content (AvgIpc) is 3.48. The highest BCUT2D eigenvalue weighted by Crippen LogP contribution is 2.23. The number of carbonyl (C=O) groups excluding carboxylic acids is 11. The van der Waals surface area contributed by atoms with E-state index in [1.165, 1.54) is 90.2 Å². The molecule has 22 heteroatoms. The van der Waals surface area contributed by atoms with Crippen LogP contribution in [0.3, 0.4) is 0 Å². The van der Waals surface area contributed by atoms with Crippen molar-refractivity contribution in [3.63, 3.8) is 0 Å². The van der Waals surface area contributed by atoms with Crippen LogP contribution in [0.5, 0.6) is 0 Å². The molecule has 22 nitrogen and oxygen atoms in total. The fourth-order valence-corrected chi connectivity index (χ4v) is 10.0. The van der Waals surface area contributed by atoms with Gasteiger partial charge in [0.2, 0.25) is 58.9 Å². The van der Waals surface area contributed by atoms with Crippen molar-refractivity contribution in [3.05, 3.63) is 12.2 Å². The number of hydrogen-bond donors (Lipinski definition) is 4. The number of hydrogen-bond acceptors (Lipinski definition) is 11. The molecule has 4 N–H and O–H groups in total. The molecule has 11 amide bonds. The molecule has 0 fully saturated rings. The molecule has 0 saturated carbocycles. The first-order chi connectivity index (χ1) is 38.4. The van der Waals surface area contributed by atoms with Gasteiger partial charge in [0.25, 0.3) is 0 Å². The van der Waals surface area contributed by atoms with Gasteiger partial charge in [-0.1, -0.05) is 109 Å². The highest BCUT2D eigenvalue weighted by atomic mass is 16.2. The van der Waals surface area contributed by atoms with Crippen molar-refractivity contribution in [2.45, 2.75) is 198 Å². The van der Waals surface area contributed by atoms with Crippen molar-refractivity contribution in [3.8, 4) is 0 Å². The van der Waals surface area contributed by atoms with Crippen LogP contribution in [0.4, 0.5) is 0 Å². The van der Waals surface area contributed by atoms with Crippen LogP contribution in [0.25, 0.3) is 0 Å². The number of carbonyl (C=O) groups is 11. The number of nitrogens with zero attached hydrogens (tertiary/aromatic N) is 7. The lowest BCUT2D eigenvalue weighted by molar-refractivity contribution is -0.424. The van der Waals surface area contributed by atoms with Gasteiger partial charge in [0, 0.05) is 48.7 Å². The quantitative estimate of drug-likeness (QED) is 0.128. The summed E-state index contributed by atoms with van der Waals surface area (Å²) in [5.74, 6) is -8.03. The molecule has 0 bridgehead atoms. The van der Waals surface area contributed by atoms with E-state index in [0.717, 1.165) is 0 Å². The van der Waals surface area contributed by atoms with E-state index >= 15 is 4.79 Å².